The van der Waals surface area contributed by atoms with E-state index >= 15 is 0 Å². The van der Waals surface area contributed by atoms with Gasteiger partial charge in [-0.3, -0.25) is 19.7 Å². The monoisotopic (exact) mass is 436 g/mol. The summed E-state index contributed by atoms with van der Waals surface area (Å²) in [6.07, 6.45) is 6.33. The number of nitrogens with one attached hydrogen (secondary N) is 1. The summed E-state index contributed by atoms with van der Waals surface area (Å²) in [5.41, 5.74) is 1.87. The van der Waals surface area contributed by atoms with Gasteiger partial charge in [-0.1, -0.05) is 25.3 Å². The maximum atomic E-state index is 12.7. The first-order chi connectivity index (χ1) is 15.5. The van der Waals surface area contributed by atoms with Gasteiger partial charge in [0.1, 0.15) is 5.69 Å². The second-order valence-corrected chi connectivity index (χ2v) is 9.37. The van der Waals surface area contributed by atoms with Crippen LogP contribution in [-0.2, 0) is 6.54 Å². The van der Waals surface area contributed by atoms with Crippen molar-refractivity contribution in [3.05, 3.63) is 68.1 Å². The van der Waals surface area contributed by atoms with Gasteiger partial charge < -0.3 is 14.8 Å². The van der Waals surface area contributed by atoms with Crippen LogP contribution in [0.1, 0.15) is 60.5 Å². The number of nitrogens with zero attached hydrogens (tertiary/aromatic N) is 3. The van der Waals surface area contributed by atoms with Crippen LogP contribution < -0.4 is 15.8 Å². The van der Waals surface area contributed by atoms with Crippen molar-refractivity contribution in [2.24, 2.45) is 5.92 Å². The van der Waals surface area contributed by atoms with E-state index in [1.54, 1.807) is 24.3 Å². The van der Waals surface area contributed by atoms with Crippen molar-refractivity contribution in [1.82, 2.24) is 9.88 Å². The number of carbonyl (C=O) groups is 1. The number of piperidine rings is 1. The number of amides is 1. The first-order valence-electron chi connectivity index (χ1n) is 11.5. The molecule has 1 aromatic heterocycles. The van der Waals surface area contributed by atoms with Gasteiger partial charge >= 0.3 is 0 Å². The fourth-order valence-corrected chi connectivity index (χ4v) is 5.69. The number of hydrogen-bond donors (Lipinski definition) is 1. The van der Waals surface area contributed by atoms with E-state index in [-0.39, 0.29) is 35.0 Å². The molecule has 1 saturated heterocycles. The topological polar surface area (TPSA) is 97.5 Å². The van der Waals surface area contributed by atoms with E-state index in [1.165, 1.54) is 12.5 Å². The van der Waals surface area contributed by atoms with Gasteiger partial charge in [-0.15, -0.1) is 0 Å². The Morgan fingerprint density at radius 3 is 2.66 bits per heavy atom. The summed E-state index contributed by atoms with van der Waals surface area (Å²) in [4.78, 5) is 38.6. The molecule has 5 rings (SSSR count). The molecule has 1 saturated carbocycles. The smallest absolute Gasteiger partial charge is 0.293 e. The molecule has 0 spiro atoms. The number of carbonyl (C=O) groups excluding carboxylic acids is 1. The van der Waals surface area contributed by atoms with Crippen LogP contribution in [0.4, 0.5) is 11.4 Å². The van der Waals surface area contributed by atoms with Crippen molar-refractivity contribution >= 4 is 17.3 Å². The maximum absolute atomic E-state index is 12.7. The van der Waals surface area contributed by atoms with E-state index in [0.29, 0.717) is 30.9 Å². The summed E-state index contributed by atoms with van der Waals surface area (Å²) >= 11 is 0. The number of anilines is 1. The van der Waals surface area contributed by atoms with Crippen molar-refractivity contribution in [3.8, 4) is 0 Å². The van der Waals surface area contributed by atoms with Gasteiger partial charge in [-0.2, -0.15) is 0 Å². The zero-order chi connectivity index (χ0) is 22.2. The molecular weight excluding hydrogens is 408 g/mol. The van der Waals surface area contributed by atoms with E-state index in [0.717, 1.165) is 37.8 Å². The first kappa shape index (κ1) is 20.7. The van der Waals surface area contributed by atoms with Crippen LogP contribution in [0.2, 0.25) is 0 Å². The van der Waals surface area contributed by atoms with Crippen molar-refractivity contribution in [2.45, 2.75) is 57.0 Å². The van der Waals surface area contributed by atoms with Gasteiger partial charge in [-0.05, 0) is 43.4 Å². The van der Waals surface area contributed by atoms with Gasteiger partial charge in [0.15, 0.2) is 0 Å². The minimum absolute atomic E-state index is 0.0185. The Morgan fingerprint density at radius 1 is 1.06 bits per heavy atom. The third-order valence-corrected chi connectivity index (χ3v) is 7.20. The fraction of sp³-hybridized carbons (Fsp3) is 0.500. The number of pyridine rings is 1. The van der Waals surface area contributed by atoms with Gasteiger partial charge in [0.05, 0.1) is 4.92 Å². The number of fused-ring (bicyclic) bond motifs is 4. The number of benzene rings is 1. The molecule has 2 atom stereocenters. The SMILES string of the molecule is O=C(NC1CCCCC1)c1ccc(N2C[C@H]3C[C@@H](C2)c2cccc(=O)n2C3)c([N+](=O)[O-])c1. The van der Waals surface area contributed by atoms with Crippen LogP contribution in [0.5, 0.6) is 0 Å². The molecule has 1 aromatic carbocycles. The highest BCUT2D eigenvalue weighted by molar-refractivity contribution is 5.96. The van der Waals surface area contributed by atoms with E-state index in [1.807, 2.05) is 10.6 Å². The van der Waals surface area contributed by atoms with Gasteiger partial charge in [0.25, 0.3) is 17.2 Å². The predicted molar refractivity (Wildman–Crippen MR) is 121 cm³/mol. The number of aromatic nitrogens is 1. The molecule has 0 unspecified atom stereocenters. The lowest BCUT2D eigenvalue weighted by Gasteiger charge is -2.43. The Bertz CT molecular complexity index is 1110. The molecule has 3 aliphatic rings. The second kappa shape index (κ2) is 8.41. The molecule has 8 heteroatoms. The number of hydrogen-bond acceptors (Lipinski definition) is 5. The zero-order valence-electron chi connectivity index (χ0n) is 18.0. The molecule has 1 amide bonds. The third-order valence-electron chi connectivity index (χ3n) is 7.20. The van der Waals surface area contributed by atoms with Crippen molar-refractivity contribution in [1.29, 1.82) is 0 Å². The molecule has 0 radical (unpaired) electrons. The molecular formula is C24H28N4O4. The second-order valence-electron chi connectivity index (χ2n) is 9.37. The van der Waals surface area contributed by atoms with Gasteiger partial charge in [0.2, 0.25) is 0 Å². The van der Waals surface area contributed by atoms with E-state index < -0.39 is 4.92 Å². The van der Waals surface area contributed by atoms with Crippen molar-refractivity contribution in [2.75, 3.05) is 18.0 Å². The summed E-state index contributed by atoms with van der Waals surface area (Å²) in [7, 11) is 0. The number of nitro benzene ring substituents is 1. The van der Waals surface area contributed by atoms with Crippen LogP contribution >= 0.6 is 0 Å². The summed E-state index contributed by atoms with van der Waals surface area (Å²) in [6, 6.07) is 10.3. The summed E-state index contributed by atoms with van der Waals surface area (Å²) in [6.45, 7) is 1.91. The lowest BCUT2D eigenvalue weighted by Crippen LogP contribution is -2.47. The Labute approximate surface area is 186 Å². The van der Waals surface area contributed by atoms with Crippen molar-refractivity contribution in [3.63, 3.8) is 0 Å². The van der Waals surface area contributed by atoms with Crippen LogP contribution in [0, 0.1) is 16.0 Å². The zero-order valence-corrected chi connectivity index (χ0v) is 18.0. The Hall–Kier alpha value is -3.16. The Kier molecular flexibility index (Phi) is 5.45. The van der Waals surface area contributed by atoms with Crippen LogP contribution in [0.15, 0.2) is 41.2 Å². The molecule has 168 valence electrons. The van der Waals surface area contributed by atoms with E-state index in [4.69, 9.17) is 0 Å². The lowest BCUT2D eigenvalue weighted by atomic mass is 9.83. The summed E-state index contributed by atoms with van der Waals surface area (Å²) in [5, 5.41) is 15.0. The first-order valence-corrected chi connectivity index (χ1v) is 11.5. The van der Waals surface area contributed by atoms with E-state index in [2.05, 4.69) is 10.2 Å². The standard InChI is InChI=1S/C24H28N4O4/c29-23-8-4-7-20-18-11-16(14-27(20)23)13-26(15-18)21-10-9-17(12-22(21)28(31)32)24(30)25-19-5-2-1-3-6-19/h4,7-10,12,16,18-19H,1-3,5-6,11,13-15H2,(H,25,30)/t16-,18+/m1/s1. The van der Waals surface area contributed by atoms with Crippen LogP contribution in [-0.4, -0.2) is 34.5 Å². The Balaban J connectivity index is 1.40. The van der Waals surface area contributed by atoms with Crippen LogP contribution in [0.3, 0.4) is 0 Å². The summed E-state index contributed by atoms with van der Waals surface area (Å²) in [5.74, 6) is 0.177. The molecule has 32 heavy (non-hydrogen) atoms. The molecule has 2 aromatic rings. The molecule has 3 heterocycles. The third kappa shape index (κ3) is 3.89. The average Bonchev–Trinajstić information content (AvgIpc) is 2.80. The molecule has 1 N–H and O–H groups in total. The minimum Gasteiger partial charge on any atom is -0.365 e. The lowest BCUT2D eigenvalue weighted by molar-refractivity contribution is -0.384. The highest BCUT2D eigenvalue weighted by Gasteiger charge is 2.36. The van der Waals surface area contributed by atoms with Crippen LogP contribution in [0.25, 0.3) is 0 Å². The molecule has 2 aliphatic heterocycles. The highest BCUT2D eigenvalue weighted by Crippen LogP contribution is 2.39. The average molecular weight is 437 g/mol. The van der Waals surface area contributed by atoms with Gasteiger partial charge in [-0.25, -0.2) is 0 Å². The maximum Gasteiger partial charge on any atom is 0.293 e. The van der Waals surface area contributed by atoms with Gasteiger partial charge in [0, 0.05) is 55.0 Å². The molecule has 2 fully saturated rings. The normalized spacial score (nSPS) is 22.8. The predicted octanol–water partition coefficient (Wildman–Crippen LogP) is 3.44. The highest BCUT2D eigenvalue weighted by atomic mass is 16.6. The fourth-order valence-electron chi connectivity index (χ4n) is 5.69. The quantitative estimate of drug-likeness (QED) is 0.585. The molecule has 2 bridgehead atoms. The van der Waals surface area contributed by atoms with E-state index in [9.17, 15) is 19.7 Å². The molecule has 1 aliphatic carbocycles. The number of rotatable bonds is 4. The summed E-state index contributed by atoms with van der Waals surface area (Å²) < 4.78 is 1.85. The number of nitro groups is 1. The molecule has 8 nitrogen and oxygen atoms in total. The largest absolute Gasteiger partial charge is 0.365 e. The van der Waals surface area contributed by atoms with Crippen molar-refractivity contribution < 1.29 is 9.72 Å². The Morgan fingerprint density at radius 2 is 1.88 bits per heavy atom. The minimum atomic E-state index is -0.393.